The number of hydrogen-bond acceptors (Lipinski definition) is 6. The van der Waals surface area contributed by atoms with Crippen molar-refractivity contribution in [2.75, 3.05) is 26.7 Å². The number of imidazole rings is 1. The van der Waals surface area contributed by atoms with Gasteiger partial charge in [0.25, 0.3) is 5.91 Å². The second kappa shape index (κ2) is 10.6. The summed E-state index contributed by atoms with van der Waals surface area (Å²) >= 11 is 0. The van der Waals surface area contributed by atoms with Gasteiger partial charge in [-0.05, 0) is 80.3 Å². The molecule has 0 unspecified atom stereocenters. The van der Waals surface area contributed by atoms with Gasteiger partial charge < -0.3 is 23.5 Å². The maximum Gasteiger partial charge on any atom is 0.340 e. The van der Waals surface area contributed by atoms with Crippen molar-refractivity contribution in [3.63, 3.8) is 0 Å². The lowest BCUT2D eigenvalue weighted by Crippen LogP contribution is -2.56. The van der Waals surface area contributed by atoms with Crippen molar-refractivity contribution >= 4 is 37.1 Å². The molecule has 0 radical (unpaired) electrons. The van der Waals surface area contributed by atoms with Crippen LogP contribution in [0, 0.1) is 0 Å². The molecule has 0 N–H and O–H groups in total. The van der Waals surface area contributed by atoms with Crippen LogP contribution in [-0.2, 0) is 21.0 Å². The van der Waals surface area contributed by atoms with Crippen molar-refractivity contribution in [3.05, 3.63) is 29.1 Å². The number of carbonyl (C=O) groups excluding carboxylic acids is 3. The molecule has 1 saturated heterocycles. The molecular weight excluding hydrogens is 524 g/mol. The van der Waals surface area contributed by atoms with Crippen molar-refractivity contribution in [3.8, 4) is 0 Å². The van der Waals surface area contributed by atoms with Crippen LogP contribution in [0.3, 0.4) is 0 Å². The highest BCUT2D eigenvalue weighted by Gasteiger charge is 2.41. The van der Waals surface area contributed by atoms with Crippen molar-refractivity contribution < 1.29 is 23.5 Å². The fourth-order valence-electron chi connectivity index (χ4n) is 5.87. The van der Waals surface area contributed by atoms with Gasteiger partial charge in [-0.1, -0.05) is 20.8 Å². The van der Waals surface area contributed by atoms with Crippen LogP contribution in [-0.4, -0.2) is 84.3 Å². The summed E-state index contributed by atoms with van der Waals surface area (Å²) in [7, 11) is 1.33. The van der Waals surface area contributed by atoms with E-state index in [1.807, 2.05) is 17.0 Å². The third-order valence-corrected chi connectivity index (χ3v) is 14.1. The van der Waals surface area contributed by atoms with Crippen molar-refractivity contribution in [1.29, 1.82) is 0 Å². The van der Waals surface area contributed by atoms with E-state index in [4.69, 9.17) is 9.16 Å². The van der Waals surface area contributed by atoms with E-state index in [9.17, 15) is 14.4 Å². The standard InChI is InChI=1S/C30H44N4O5Si/c1-30(2,3)40(6,7)39-22-12-10-21(11-13-22)34-15-14-33(18-25(34)35)28(36)27-31-26-23(29(37)38-5)16-20(19-8-9-19)17-24(26)32(27)4/h16-17,19,21-22H,8-15,18H2,1-7H3. The van der Waals surface area contributed by atoms with Gasteiger partial charge in [-0.2, -0.15) is 0 Å². The molecule has 1 aliphatic heterocycles. The number of ether oxygens (including phenoxy) is 1. The number of aromatic nitrogens is 2. The number of aryl methyl sites for hydroxylation is 1. The van der Waals surface area contributed by atoms with Gasteiger partial charge in [0, 0.05) is 32.3 Å². The fourth-order valence-corrected chi connectivity index (χ4v) is 7.30. The zero-order chi connectivity index (χ0) is 29.0. The van der Waals surface area contributed by atoms with E-state index in [0.29, 0.717) is 30.1 Å². The second-order valence-corrected chi connectivity index (χ2v) is 18.1. The highest BCUT2D eigenvalue weighted by Crippen LogP contribution is 2.42. The summed E-state index contributed by atoms with van der Waals surface area (Å²) in [6.45, 7) is 12.4. The number of nitrogens with zero attached hydrogens (tertiary/aromatic N) is 4. The van der Waals surface area contributed by atoms with E-state index in [1.54, 1.807) is 16.5 Å². The minimum Gasteiger partial charge on any atom is -0.465 e. The first-order valence-corrected chi connectivity index (χ1v) is 17.6. The molecule has 2 heterocycles. The number of rotatable bonds is 6. The van der Waals surface area contributed by atoms with Gasteiger partial charge in [-0.15, -0.1) is 0 Å². The first-order chi connectivity index (χ1) is 18.8. The minimum absolute atomic E-state index is 0.0154. The first kappa shape index (κ1) is 28.8. The summed E-state index contributed by atoms with van der Waals surface area (Å²) < 4.78 is 13.4. The number of amides is 2. The Hall–Kier alpha value is -2.72. The first-order valence-electron chi connectivity index (χ1n) is 14.7. The molecule has 218 valence electrons. The van der Waals surface area contributed by atoms with E-state index in [1.165, 1.54) is 7.11 Å². The Morgan fingerprint density at radius 3 is 2.27 bits per heavy atom. The molecule has 5 rings (SSSR count). The summed E-state index contributed by atoms with van der Waals surface area (Å²) in [4.78, 5) is 47.6. The lowest BCUT2D eigenvalue weighted by Gasteiger charge is -2.44. The molecule has 3 fully saturated rings. The predicted octanol–water partition coefficient (Wildman–Crippen LogP) is 4.85. The van der Waals surface area contributed by atoms with E-state index in [0.717, 1.165) is 49.6 Å². The van der Waals surface area contributed by atoms with E-state index >= 15 is 0 Å². The van der Waals surface area contributed by atoms with Crippen LogP contribution in [0.2, 0.25) is 18.1 Å². The second-order valence-electron chi connectivity index (χ2n) is 13.3. The third-order valence-electron chi connectivity index (χ3n) is 9.55. The van der Waals surface area contributed by atoms with Crippen LogP contribution in [0.15, 0.2) is 12.1 Å². The topological polar surface area (TPSA) is 94.0 Å². The molecular formula is C30H44N4O5Si. The SMILES string of the molecule is COC(=O)c1cc(C2CC2)cc2c1nc(C(=O)N1CCN(C3CCC(O[Si](C)(C)C(C)(C)C)CC3)C(=O)C1)n2C. The molecule has 2 aliphatic carbocycles. The lowest BCUT2D eigenvalue weighted by atomic mass is 9.91. The summed E-state index contributed by atoms with van der Waals surface area (Å²) in [6.07, 6.45) is 6.25. The van der Waals surface area contributed by atoms with Crippen molar-refractivity contribution in [2.24, 2.45) is 7.05 Å². The number of hydrogen-bond donors (Lipinski definition) is 0. The van der Waals surface area contributed by atoms with Crippen LogP contribution < -0.4 is 0 Å². The molecule has 2 aromatic rings. The van der Waals surface area contributed by atoms with Crippen LogP contribution >= 0.6 is 0 Å². The fraction of sp³-hybridized carbons (Fsp3) is 0.667. The maximum atomic E-state index is 13.6. The summed E-state index contributed by atoms with van der Waals surface area (Å²) in [5, 5.41) is 0.183. The Morgan fingerprint density at radius 1 is 1.02 bits per heavy atom. The lowest BCUT2D eigenvalue weighted by molar-refractivity contribution is -0.138. The molecule has 10 heteroatoms. The summed E-state index contributed by atoms with van der Waals surface area (Å²) in [5.41, 5.74) is 2.65. The number of benzene rings is 1. The van der Waals surface area contributed by atoms with Crippen LogP contribution in [0.5, 0.6) is 0 Å². The molecule has 0 spiro atoms. The van der Waals surface area contributed by atoms with Gasteiger partial charge in [-0.25, -0.2) is 9.78 Å². The molecule has 0 atom stereocenters. The monoisotopic (exact) mass is 568 g/mol. The quantitative estimate of drug-likeness (QED) is 0.365. The van der Waals surface area contributed by atoms with E-state index < -0.39 is 14.3 Å². The zero-order valence-corrected chi connectivity index (χ0v) is 26.1. The Labute approximate surface area is 238 Å². The van der Waals surface area contributed by atoms with Gasteiger partial charge in [0.2, 0.25) is 5.91 Å². The number of carbonyl (C=O) groups is 3. The Bertz CT molecular complexity index is 1320. The van der Waals surface area contributed by atoms with Crippen LogP contribution in [0.4, 0.5) is 0 Å². The molecule has 1 aromatic carbocycles. The highest BCUT2D eigenvalue weighted by molar-refractivity contribution is 6.74. The van der Waals surface area contributed by atoms with Crippen LogP contribution in [0.25, 0.3) is 11.0 Å². The number of methoxy groups -OCH3 is 1. The third kappa shape index (κ3) is 5.44. The highest BCUT2D eigenvalue weighted by atomic mass is 28.4. The number of piperazine rings is 1. The van der Waals surface area contributed by atoms with Gasteiger partial charge in [0.1, 0.15) is 12.1 Å². The predicted molar refractivity (Wildman–Crippen MR) is 156 cm³/mol. The molecule has 0 bridgehead atoms. The van der Waals surface area contributed by atoms with E-state index in [-0.39, 0.29) is 41.4 Å². The Morgan fingerprint density at radius 2 is 1.70 bits per heavy atom. The number of esters is 1. The number of fused-ring (bicyclic) bond motifs is 1. The summed E-state index contributed by atoms with van der Waals surface area (Å²) in [5.74, 6) is -0.0999. The largest absolute Gasteiger partial charge is 0.465 e. The normalized spacial score (nSPS) is 22.6. The molecule has 2 amide bonds. The Kier molecular flexibility index (Phi) is 7.63. The van der Waals surface area contributed by atoms with Gasteiger partial charge in [-0.3, -0.25) is 9.59 Å². The zero-order valence-electron chi connectivity index (χ0n) is 25.1. The smallest absolute Gasteiger partial charge is 0.340 e. The average molecular weight is 569 g/mol. The maximum absolute atomic E-state index is 13.6. The Balaban J connectivity index is 1.25. The average Bonchev–Trinajstić information content (AvgIpc) is 3.70. The van der Waals surface area contributed by atoms with Crippen molar-refractivity contribution in [2.45, 2.75) is 95.5 Å². The van der Waals surface area contributed by atoms with Gasteiger partial charge >= 0.3 is 5.97 Å². The van der Waals surface area contributed by atoms with E-state index in [2.05, 4.69) is 38.8 Å². The summed E-state index contributed by atoms with van der Waals surface area (Å²) in [6, 6.07) is 4.07. The molecule has 2 saturated carbocycles. The molecule has 3 aliphatic rings. The van der Waals surface area contributed by atoms with Gasteiger partial charge in [0.15, 0.2) is 14.1 Å². The molecule has 9 nitrogen and oxygen atoms in total. The molecule has 40 heavy (non-hydrogen) atoms. The molecule has 1 aromatic heterocycles. The van der Waals surface area contributed by atoms with Gasteiger partial charge in [0.05, 0.1) is 18.2 Å². The van der Waals surface area contributed by atoms with Crippen LogP contribution in [0.1, 0.15) is 91.8 Å². The minimum atomic E-state index is -1.81. The van der Waals surface area contributed by atoms with Crippen molar-refractivity contribution in [1.82, 2.24) is 19.4 Å².